The third-order valence-corrected chi connectivity index (χ3v) is 20.6. The molecular weight excluding hydrogens is 1290 g/mol. The molecular formula is C80H156O17P2. The Kier molecular flexibility index (Phi) is 70.3. The molecule has 0 aromatic rings. The first kappa shape index (κ1) is 97.1. The fraction of sp³-hybridized carbons (Fsp3) is 0.950. The van der Waals surface area contributed by atoms with Gasteiger partial charge in [-0.3, -0.25) is 37.3 Å². The topological polar surface area (TPSA) is 237 Å². The van der Waals surface area contributed by atoms with Crippen molar-refractivity contribution in [3.63, 3.8) is 0 Å². The molecule has 0 aliphatic rings. The van der Waals surface area contributed by atoms with Gasteiger partial charge in [-0.15, -0.1) is 0 Å². The van der Waals surface area contributed by atoms with Crippen LogP contribution in [0.5, 0.6) is 0 Å². The van der Waals surface area contributed by atoms with E-state index in [4.69, 9.17) is 37.0 Å². The predicted molar refractivity (Wildman–Crippen MR) is 405 cm³/mol. The van der Waals surface area contributed by atoms with Crippen LogP contribution < -0.4 is 0 Å². The average molecular weight is 1450 g/mol. The van der Waals surface area contributed by atoms with Crippen molar-refractivity contribution in [3.8, 4) is 0 Å². The summed E-state index contributed by atoms with van der Waals surface area (Å²) in [6.07, 6.45) is 61.0. The molecule has 0 aromatic carbocycles. The van der Waals surface area contributed by atoms with Gasteiger partial charge in [-0.2, -0.15) is 0 Å². The molecule has 0 aliphatic carbocycles. The molecule has 3 N–H and O–H groups in total. The first-order valence-corrected chi connectivity index (χ1v) is 44.5. The molecule has 0 fully saturated rings. The number of hydrogen-bond acceptors (Lipinski definition) is 15. The van der Waals surface area contributed by atoms with Crippen molar-refractivity contribution in [2.45, 2.75) is 439 Å². The van der Waals surface area contributed by atoms with Crippen LogP contribution in [0.3, 0.4) is 0 Å². The van der Waals surface area contributed by atoms with E-state index < -0.39 is 97.5 Å². The van der Waals surface area contributed by atoms with Gasteiger partial charge in [-0.25, -0.2) is 9.13 Å². The van der Waals surface area contributed by atoms with Gasteiger partial charge in [-0.1, -0.05) is 369 Å². The van der Waals surface area contributed by atoms with Crippen molar-refractivity contribution in [2.75, 3.05) is 39.6 Å². The summed E-state index contributed by atoms with van der Waals surface area (Å²) in [4.78, 5) is 73.0. The molecule has 2 unspecified atom stereocenters. The molecule has 0 heterocycles. The minimum Gasteiger partial charge on any atom is -0.462 e. The number of unbranched alkanes of at least 4 members (excludes halogenated alkanes) is 49. The zero-order valence-corrected chi connectivity index (χ0v) is 66.6. The molecule has 0 rings (SSSR count). The van der Waals surface area contributed by atoms with Crippen molar-refractivity contribution in [1.29, 1.82) is 0 Å². The van der Waals surface area contributed by atoms with Crippen LogP contribution in [0.1, 0.15) is 420 Å². The van der Waals surface area contributed by atoms with Gasteiger partial charge in [-0.05, 0) is 37.5 Å². The number of aliphatic hydroxyl groups is 1. The Morgan fingerprint density at radius 3 is 0.687 bits per heavy atom. The lowest BCUT2D eigenvalue weighted by Gasteiger charge is -2.21. The lowest BCUT2D eigenvalue weighted by molar-refractivity contribution is -0.161. The summed E-state index contributed by atoms with van der Waals surface area (Å²) in [5, 5.41) is 10.6. The van der Waals surface area contributed by atoms with E-state index >= 15 is 0 Å². The van der Waals surface area contributed by atoms with E-state index in [9.17, 15) is 43.2 Å². The fourth-order valence-electron chi connectivity index (χ4n) is 12.4. The second-order valence-electron chi connectivity index (χ2n) is 29.8. The highest BCUT2D eigenvalue weighted by atomic mass is 31.2. The fourth-order valence-corrected chi connectivity index (χ4v) is 13.9. The Morgan fingerprint density at radius 1 is 0.273 bits per heavy atom. The Bertz CT molecular complexity index is 1910. The van der Waals surface area contributed by atoms with Gasteiger partial charge < -0.3 is 33.8 Å². The number of carbonyl (C=O) groups is 4. The highest BCUT2D eigenvalue weighted by Gasteiger charge is 2.30. The quantitative estimate of drug-likeness (QED) is 0.0222. The minimum atomic E-state index is -4.96. The summed E-state index contributed by atoms with van der Waals surface area (Å²) in [5.41, 5.74) is 0. The van der Waals surface area contributed by atoms with Crippen LogP contribution in [0.25, 0.3) is 0 Å². The van der Waals surface area contributed by atoms with E-state index in [2.05, 4.69) is 41.5 Å². The second-order valence-corrected chi connectivity index (χ2v) is 32.7. The molecule has 0 aromatic heterocycles. The van der Waals surface area contributed by atoms with E-state index in [1.165, 1.54) is 238 Å². The molecule has 19 heteroatoms. The molecule has 0 radical (unpaired) electrons. The highest BCUT2D eigenvalue weighted by molar-refractivity contribution is 7.47. The zero-order valence-electron chi connectivity index (χ0n) is 64.8. The number of hydrogen-bond donors (Lipinski definition) is 3. The van der Waals surface area contributed by atoms with Crippen LogP contribution in [0.15, 0.2) is 0 Å². The molecule has 0 amide bonds. The smallest absolute Gasteiger partial charge is 0.462 e. The summed E-state index contributed by atoms with van der Waals surface area (Å²) < 4.78 is 68.7. The maximum Gasteiger partial charge on any atom is 0.472 e. The molecule has 99 heavy (non-hydrogen) atoms. The van der Waals surface area contributed by atoms with Gasteiger partial charge in [0.1, 0.15) is 19.3 Å². The van der Waals surface area contributed by atoms with Gasteiger partial charge in [0.25, 0.3) is 0 Å². The molecule has 588 valence electrons. The summed E-state index contributed by atoms with van der Waals surface area (Å²) >= 11 is 0. The second kappa shape index (κ2) is 71.7. The van der Waals surface area contributed by atoms with Gasteiger partial charge >= 0.3 is 39.5 Å². The number of ether oxygens (including phenoxy) is 4. The maximum atomic E-state index is 13.1. The average Bonchev–Trinajstić information content (AvgIpc) is 0.968. The van der Waals surface area contributed by atoms with E-state index in [0.717, 1.165) is 102 Å². The monoisotopic (exact) mass is 1450 g/mol. The number of phosphoric acid groups is 2. The van der Waals surface area contributed by atoms with Crippen LogP contribution in [0.2, 0.25) is 0 Å². The van der Waals surface area contributed by atoms with Crippen LogP contribution in [-0.4, -0.2) is 96.7 Å². The largest absolute Gasteiger partial charge is 0.472 e. The van der Waals surface area contributed by atoms with Crippen LogP contribution in [-0.2, 0) is 65.4 Å². The lowest BCUT2D eigenvalue weighted by atomic mass is 10.0. The molecule has 0 saturated heterocycles. The van der Waals surface area contributed by atoms with E-state index in [-0.39, 0.29) is 25.7 Å². The third kappa shape index (κ3) is 74.1. The Hall–Kier alpha value is -1.94. The van der Waals surface area contributed by atoms with E-state index in [0.29, 0.717) is 25.7 Å². The zero-order chi connectivity index (χ0) is 72.8. The number of aliphatic hydroxyl groups excluding tert-OH is 1. The minimum absolute atomic E-state index is 0.106. The van der Waals surface area contributed by atoms with Crippen LogP contribution >= 0.6 is 15.6 Å². The third-order valence-electron chi connectivity index (χ3n) is 18.7. The lowest BCUT2D eigenvalue weighted by Crippen LogP contribution is -2.30. The summed E-state index contributed by atoms with van der Waals surface area (Å²) in [6.45, 7) is 9.63. The first-order chi connectivity index (χ1) is 47.9. The number of rotatable bonds is 79. The Labute approximate surface area is 607 Å². The van der Waals surface area contributed by atoms with Crippen molar-refractivity contribution in [3.05, 3.63) is 0 Å². The van der Waals surface area contributed by atoms with Gasteiger partial charge in [0, 0.05) is 25.7 Å². The molecule has 0 bridgehead atoms. The van der Waals surface area contributed by atoms with E-state index in [1.807, 2.05) is 0 Å². The first-order valence-electron chi connectivity index (χ1n) is 41.5. The predicted octanol–water partition coefficient (Wildman–Crippen LogP) is 23.9. The number of carbonyl (C=O) groups excluding carboxylic acids is 4. The summed E-state index contributed by atoms with van der Waals surface area (Å²) in [7, 11) is -9.92. The summed E-state index contributed by atoms with van der Waals surface area (Å²) in [5.74, 6) is -0.558. The van der Waals surface area contributed by atoms with Gasteiger partial charge in [0.15, 0.2) is 12.2 Å². The highest BCUT2D eigenvalue weighted by Crippen LogP contribution is 2.45. The van der Waals surface area contributed by atoms with Gasteiger partial charge in [0.2, 0.25) is 0 Å². The number of esters is 4. The van der Waals surface area contributed by atoms with Crippen molar-refractivity contribution >= 4 is 39.5 Å². The normalized spacial score (nSPS) is 13.9. The maximum absolute atomic E-state index is 13.1. The molecule has 17 nitrogen and oxygen atoms in total. The van der Waals surface area contributed by atoms with Gasteiger partial charge in [0.05, 0.1) is 26.4 Å². The molecule has 0 saturated carbocycles. The van der Waals surface area contributed by atoms with Crippen molar-refractivity contribution < 1.29 is 80.2 Å². The molecule has 0 spiro atoms. The summed E-state index contributed by atoms with van der Waals surface area (Å²) in [6, 6.07) is 0. The van der Waals surface area contributed by atoms with Crippen molar-refractivity contribution in [2.24, 2.45) is 11.8 Å². The van der Waals surface area contributed by atoms with E-state index in [1.54, 1.807) is 0 Å². The van der Waals surface area contributed by atoms with Crippen LogP contribution in [0, 0.1) is 11.8 Å². The SMILES string of the molecule is CCCCCCCCCCCCCCCCCCCCCC(=O)O[C@H](COC(=O)CCCCCCCCCCCCCCCCC(C)C)COP(=O)(O)OC[C@@H](O)COP(=O)(O)OC[C@@H](COC(=O)CCCCCCCCCCCC)OC(=O)CCCCCCCCCCCCC(C)C. The Morgan fingerprint density at radius 2 is 0.465 bits per heavy atom. The Balaban J connectivity index is 5.23. The molecule has 5 atom stereocenters. The standard InChI is InChI=1S/C80H156O17P2/c1-7-9-11-13-15-17-19-20-21-22-23-24-25-30-33-40-46-52-58-64-79(84)96-76(69-91-78(83)63-57-51-45-39-32-29-27-26-28-31-36-42-48-54-60-72(3)4)71-95-99(88,89)93-67-74(81)66-92-98(86,87)94-70-75(68-90-77(82)62-56-50-44-38-18-16-14-12-10-8-2)97-80(85)65-59-53-47-41-35-34-37-43-49-55-61-73(5)6/h72-76,81H,7-71H2,1-6H3,(H,86,87)(H,88,89)/t74-,75+,76+/m0/s1. The van der Waals surface area contributed by atoms with Crippen molar-refractivity contribution in [1.82, 2.24) is 0 Å². The molecule has 0 aliphatic heterocycles. The number of phosphoric ester groups is 2. The van der Waals surface area contributed by atoms with Crippen LogP contribution in [0.4, 0.5) is 0 Å².